The predicted octanol–water partition coefficient (Wildman–Crippen LogP) is 2.24. The Morgan fingerprint density at radius 3 is 2.63 bits per heavy atom. The van der Waals surface area contributed by atoms with Crippen LogP contribution in [0.25, 0.3) is 0 Å². The van der Waals surface area contributed by atoms with Crippen LogP contribution in [-0.2, 0) is 16.1 Å². The van der Waals surface area contributed by atoms with Crippen molar-refractivity contribution in [1.82, 2.24) is 20.1 Å². The second-order valence-electron chi connectivity index (χ2n) is 7.47. The summed E-state index contributed by atoms with van der Waals surface area (Å²) in [4.78, 5) is 43.9. The van der Waals surface area contributed by atoms with Gasteiger partial charge in [0, 0.05) is 25.4 Å². The van der Waals surface area contributed by atoms with Gasteiger partial charge in [-0.2, -0.15) is 13.2 Å². The quantitative estimate of drug-likeness (QED) is 0.702. The molecule has 11 heteroatoms. The second kappa shape index (κ2) is 8.49. The summed E-state index contributed by atoms with van der Waals surface area (Å²) in [6, 6.07) is 2.44. The Morgan fingerprint density at radius 2 is 1.97 bits per heavy atom. The zero-order chi connectivity index (χ0) is 21.9. The summed E-state index contributed by atoms with van der Waals surface area (Å²) in [5.74, 6) is -1.23. The van der Waals surface area contributed by atoms with Gasteiger partial charge in [-0.25, -0.2) is 9.78 Å². The number of aromatic nitrogens is 1. The minimum absolute atomic E-state index is 0.156. The van der Waals surface area contributed by atoms with Gasteiger partial charge in [0.05, 0.1) is 0 Å². The lowest BCUT2D eigenvalue weighted by Gasteiger charge is -2.35. The summed E-state index contributed by atoms with van der Waals surface area (Å²) in [6.07, 6.45) is 0.578. The molecule has 1 aromatic rings. The molecule has 1 saturated heterocycles. The molecule has 30 heavy (non-hydrogen) atoms. The topological polar surface area (TPSA) is 91.8 Å². The number of alkyl halides is 3. The number of hydrogen-bond donors (Lipinski definition) is 1. The fraction of sp³-hybridized carbons (Fsp3) is 0.579. The van der Waals surface area contributed by atoms with Gasteiger partial charge in [0.2, 0.25) is 11.8 Å². The first-order valence-corrected chi connectivity index (χ1v) is 9.64. The summed E-state index contributed by atoms with van der Waals surface area (Å²) in [7, 11) is 1.57. The average molecular weight is 428 g/mol. The van der Waals surface area contributed by atoms with Gasteiger partial charge in [-0.15, -0.1) is 0 Å². The van der Waals surface area contributed by atoms with E-state index >= 15 is 0 Å². The minimum Gasteiger partial charge on any atom is -0.468 e. The number of carbonyl (C=O) groups is 3. The van der Waals surface area contributed by atoms with Crippen LogP contribution < -0.4 is 10.1 Å². The Kier molecular flexibility index (Phi) is 6.18. The van der Waals surface area contributed by atoms with Crippen LogP contribution in [-0.4, -0.2) is 64.5 Å². The maximum absolute atomic E-state index is 12.9. The molecule has 2 aliphatic rings. The molecule has 3 rings (SSSR count). The fourth-order valence-electron chi connectivity index (χ4n) is 3.90. The van der Waals surface area contributed by atoms with Gasteiger partial charge < -0.3 is 15.0 Å². The van der Waals surface area contributed by atoms with E-state index in [0.717, 1.165) is 24.2 Å². The van der Waals surface area contributed by atoms with Crippen molar-refractivity contribution in [1.29, 1.82) is 0 Å². The van der Waals surface area contributed by atoms with E-state index in [4.69, 9.17) is 0 Å². The Morgan fingerprint density at radius 1 is 1.27 bits per heavy atom. The summed E-state index contributed by atoms with van der Waals surface area (Å²) < 4.78 is 41.8. The van der Waals surface area contributed by atoms with Gasteiger partial charge in [0.1, 0.15) is 12.1 Å². The molecule has 0 radical (unpaired) electrons. The van der Waals surface area contributed by atoms with Crippen molar-refractivity contribution in [2.24, 2.45) is 0 Å². The van der Waals surface area contributed by atoms with Crippen molar-refractivity contribution < 1.29 is 32.3 Å². The molecule has 8 nitrogen and oxygen atoms in total. The number of amides is 4. The summed E-state index contributed by atoms with van der Waals surface area (Å²) in [5.41, 5.74) is -0.632. The number of rotatable bonds is 6. The van der Waals surface area contributed by atoms with Crippen LogP contribution in [0.4, 0.5) is 18.0 Å². The van der Waals surface area contributed by atoms with E-state index in [1.54, 1.807) is 7.05 Å². The highest BCUT2D eigenvalue weighted by atomic mass is 19.4. The van der Waals surface area contributed by atoms with Crippen LogP contribution in [0.3, 0.4) is 0 Å². The highest BCUT2D eigenvalue weighted by Gasteiger charge is 2.55. The first-order chi connectivity index (χ1) is 14.1. The highest BCUT2D eigenvalue weighted by molar-refractivity contribution is 6.08. The smallest absolute Gasteiger partial charge is 0.422 e. The van der Waals surface area contributed by atoms with Crippen LogP contribution in [0.15, 0.2) is 18.3 Å². The number of carbonyl (C=O) groups excluding carboxylic acids is 3. The van der Waals surface area contributed by atoms with E-state index in [0.29, 0.717) is 12.8 Å². The molecule has 164 valence electrons. The minimum atomic E-state index is -4.52. The zero-order valence-electron chi connectivity index (χ0n) is 16.5. The lowest BCUT2D eigenvalue weighted by atomic mass is 9.81. The second-order valence-corrected chi connectivity index (χ2v) is 7.47. The van der Waals surface area contributed by atoms with Crippen molar-refractivity contribution in [2.75, 3.05) is 20.2 Å². The van der Waals surface area contributed by atoms with E-state index < -0.39 is 36.8 Å². The number of nitrogens with zero attached hydrogens (tertiary/aromatic N) is 3. The number of likely N-dealkylation sites (N-methyl/N-ethyl adjacent to an activating group) is 1. The van der Waals surface area contributed by atoms with E-state index in [1.807, 2.05) is 0 Å². The lowest BCUT2D eigenvalue weighted by molar-refractivity contribution is -0.154. The molecule has 1 aromatic heterocycles. The third kappa shape index (κ3) is 4.49. The monoisotopic (exact) mass is 428 g/mol. The molecule has 0 bridgehead atoms. The molecule has 2 fully saturated rings. The van der Waals surface area contributed by atoms with Crippen LogP contribution in [0.5, 0.6) is 5.88 Å². The molecule has 1 aliphatic carbocycles. The van der Waals surface area contributed by atoms with E-state index in [-0.39, 0.29) is 23.9 Å². The zero-order valence-corrected chi connectivity index (χ0v) is 16.5. The molecule has 0 unspecified atom stereocenters. The van der Waals surface area contributed by atoms with Gasteiger partial charge in [-0.3, -0.25) is 14.5 Å². The van der Waals surface area contributed by atoms with Crippen molar-refractivity contribution in [3.8, 4) is 5.88 Å². The number of imide groups is 1. The highest BCUT2D eigenvalue weighted by Crippen LogP contribution is 2.39. The van der Waals surface area contributed by atoms with Crippen molar-refractivity contribution in [3.63, 3.8) is 0 Å². The maximum atomic E-state index is 12.9. The van der Waals surface area contributed by atoms with Gasteiger partial charge in [-0.05, 0) is 18.9 Å². The Labute approximate surface area is 171 Å². The van der Waals surface area contributed by atoms with Crippen LogP contribution in [0.2, 0.25) is 0 Å². The molecule has 1 aliphatic heterocycles. The lowest BCUT2D eigenvalue weighted by Crippen LogP contribution is -2.49. The molecule has 0 atom stereocenters. The third-order valence-corrected chi connectivity index (χ3v) is 5.48. The molecule has 1 N–H and O–H groups in total. The van der Waals surface area contributed by atoms with Gasteiger partial charge >= 0.3 is 12.2 Å². The van der Waals surface area contributed by atoms with Crippen molar-refractivity contribution >= 4 is 17.8 Å². The first kappa shape index (κ1) is 21.8. The number of pyridine rings is 1. The Balaban J connectivity index is 1.60. The van der Waals surface area contributed by atoms with Crippen molar-refractivity contribution in [3.05, 3.63) is 23.9 Å². The molecule has 4 amide bonds. The van der Waals surface area contributed by atoms with Gasteiger partial charge in [0.15, 0.2) is 6.61 Å². The molecular weight excluding hydrogens is 405 g/mol. The predicted molar refractivity (Wildman–Crippen MR) is 98.3 cm³/mol. The normalized spacial score (nSPS) is 18.8. The van der Waals surface area contributed by atoms with Crippen LogP contribution in [0, 0.1) is 0 Å². The Bertz CT molecular complexity index is 824. The van der Waals surface area contributed by atoms with Crippen LogP contribution in [0.1, 0.15) is 37.7 Å². The van der Waals surface area contributed by atoms with E-state index in [2.05, 4.69) is 15.0 Å². The number of halogens is 3. The largest absolute Gasteiger partial charge is 0.468 e. The average Bonchev–Trinajstić information content (AvgIpc) is 2.87. The first-order valence-electron chi connectivity index (χ1n) is 9.64. The third-order valence-electron chi connectivity index (χ3n) is 5.48. The number of nitrogens with one attached hydrogen (secondary N) is 1. The van der Waals surface area contributed by atoms with E-state index in [9.17, 15) is 27.6 Å². The van der Waals surface area contributed by atoms with E-state index in [1.165, 1.54) is 23.2 Å². The number of urea groups is 1. The van der Waals surface area contributed by atoms with Gasteiger partial charge in [0.25, 0.3) is 5.91 Å². The maximum Gasteiger partial charge on any atom is 0.422 e. The van der Waals surface area contributed by atoms with Crippen LogP contribution >= 0.6 is 0 Å². The molecule has 2 heterocycles. The Hall–Kier alpha value is -2.85. The summed E-state index contributed by atoms with van der Waals surface area (Å²) in [6.45, 7) is -2.12. The summed E-state index contributed by atoms with van der Waals surface area (Å²) >= 11 is 0. The summed E-state index contributed by atoms with van der Waals surface area (Å²) in [5, 5.41) is 2.51. The molecule has 0 aromatic carbocycles. The van der Waals surface area contributed by atoms with Gasteiger partial charge in [-0.1, -0.05) is 25.3 Å². The number of ether oxygens (including phenoxy) is 1. The van der Waals surface area contributed by atoms with Crippen molar-refractivity contribution in [2.45, 2.75) is 50.4 Å². The molecule has 1 spiro atoms. The molecule has 1 saturated carbocycles. The molecular formula is C19H23F3N4O4. The number of hydrogen-bond acceptors (Lipinski definition) is 5. The SMILES string of the molecule is CN1C(=O)N(CC(=O)NCc2cccnc2OCC(F)(F)F)C(=O)C12CCCCC2. The fourth-order valence-corrected chi connectivity index (χ4v) is 3.90. The standard InChI is InChI=1S/C19H23F3N4O4/c1-25-17(29)26(16(28)18(25)7-3-2-4-8-18)11-14(27)24-10-13-6-5-9-23-15(13)30-12-19(20,21)22/h5-6,9H,2-4,7-8,10-12H2,1H3,(H,24,27).